The Morgan fingerprint density at radius 1 is 0.913 bits per heavy atom. The van der Waals surface area contributed by atoms with Crippen LogP contribution in [0.25, 0.3) is 0 Å². The first-order valence-electron chi connectivity index (χ1n) is 8.19. The van der Waals surface area contributed by atoms with Crippen molar-refractivity contribution in [3.05, 3.63) is 75.5 Å². The molecule has 0 radical (unpaired) electrons. The van der Waals surface area contributed by atoms with E-state index in [4.69, 9.17) is 0 Å². The van der Waals surface area contributed by atoms with Gasteiger partial charge < -0.3 is 5.32 Å². The second-order valence-corrected chi connectivity index (χ2v) is 6.40. The molecule has 1 aliphatic carbocycles. The van der Waals surface area contributed by atoms with Crippen LogP contribution in [0.3, 0.4) is 0 Å². The van der Waals surface area contributed by atoms with Gasteiger partial charge in [-0.1, -0.05) is 41.2 Å². The molecule has 0 bridgehead atoms. The molecule has 3 rings (SSSR count). The summed E-state index contributed by atoms with van der Waals surface area (Å²) < 4.78 is 0. The molecule has 1 saturated carbocycles. The van der Waals surface area contributed by atoms with Crippen molar-refractivity contribution in [1.82, 2.24) is 0 Å². The van der Waals surface area contributed by atoms with Crippen LogP contribution in [0.15, 0.2) is 47.7 Å². The standard InChI is InChI=1S/C22H23N/c1-15-5-8-19(9-6-15)10-12-20-11-7-16(2)22(17(20)3)23-18(4)21-13-14-21/h5-9,11,23H,13-14H2,1-4H3. The summed E-state index contributed by atoms with van der Waals surface area (Å²) >= 11 is 0. The fraction of sp³-hybridized carbons (Fsp3) is 0.273. The molecule has 1 fully saturated rings. The third-order valence-corrected chi connectivity index (χ3v) is 4.41. The summed E-state index contributed by atoms with van der Waals surface area (Å²) in [6, 6.07) is 12.6. The van der Waals surface area contributed by atoms with E-state index in [1.807, 2.05) is 0 Å². The van der Waals surface area contributed by atoms with Gasteiger partial charge in [0.15, 0.2) is 0 Å². The molecule has 116 valence electrons. The predicted octanol–water partition coefficient (Wildman–Crippen LogP) is 5.49. The van der Waals surface area contributed by atoms with Crippen LogP contribution in [-0.2, 0) is 0 Å². The molecule has 0 unspecified atom stereocenters. The lowest BCUT2D eigenvalue weighted by molar-refractivity contribution is 1.27. The molecule has 0 amide bonds. The van der Waals surface area contributed by atoms with Crippen LogP contribution in [0.2, 0.25) is 0 Å². The Morgan fingerprint density at radius 2 is 1.61 bits per heavy atom. The number of hydrogen-bond donors (Lipinski definition) is 1. The van der Waals surface area contributed by atoms with E-state index in [1.165, 1.54) is 40.9 Å². The first kappa shape index (κ1) is 15.4. The molecule has 0 saturated heterocycles. The van der Waals surface area contributed by atoms with Crippen molar-refractivity contribution < 1.29 is 0 Å². The van der Waals surface area contributed by atoms with E-state index in [0.29, 0.717) is 0 Å². The summed E-state index contributed by atoms with van der Waals surface area (Å²) in [7, 11) is 0. The molecular weight excluding hydrogens is 278 g/mol. The molecule has 1 heteroatoms. The van der Waals surface area contributed by atoms with Gasteiger partial charge in [0, 0.05) is 22.5 Å². The predicted molar refractivity (Wildman–Crippen MR) is 98.6 cm³/mol. The van der Waals surface area contributed by atoms with Crippen molar-refractivity contribution in [3.63, 3.8) is 0 Å². The highest BCUT2D eigenvalue weighted by molar-refractivity contribution is 5.66. The zero-order valence-electron chi connectivity index (χ0n) is 14.4. The zero-order chi connectivity index (χ0) is 16.4. The Morgan fingerprint density at radius 3 is 2.26 bits per heavy atom. The van der Waals surface area contributed by atoms with Crippen LogP contribution in [0.4, 0.5) is 5.69 Å². The van der Waals surface area contributed by atoms with Crippen molar-refractivity contribution in [1.29, 1.82) is 0 Å². The van der Waals surface area contributed by atoms with E-state index in [1.54, 1.807) is 5.57 Å². The smallest absolute Gasteiger partial charge is 0.0453 e. The van der Waals surface area contributed by atoms with Crippen molar-refractivity contribution in [3.8, 4) is 11.8 Å². The van der Waals surface area contributed by atoms with Crippen LogP contribution >= 0.6 is 0 Å². The SMILES string of the molecule is CC(Nc1c(C)ccc(C#Cc2ccc(C)cc2)c1C)=C1CC1. The Bertz CT molecular complexity index is 821. The molecule has 2 aromatic rings. The maximum Gasteiger partial charge on any atom is 0.0453 e. The second kappa shape index (κ2) is 6.34. The molecule has 0 heterocycles. The van der Waals surface area contributed by atoms with Gasteiger partial charge in [-0.25, -0.2) is 0 Å². The topological polar surface area (TPSA) is 12.0 Å². The number of aryl methyl sites for hydroxylation is 2. The average Bonchev–Trinajstić information content (AvgIpc) is 3.37. The summed E-state index contributed by atoms with van der Waals surface area (Å²) in [6.45, 7) is 8.57. The first-order chi connectivity index (χ1) is 11.0. The number of hydrogen-bond acceptors (Lipinski definition) is 1. The van der Waals surface area contributed by atoms with Crippen LogP contribution in [0.5, 0.6) is 0 Å². The third kappa shape index (κ3) is 3.66. The van der Waals surface area contributed by atoms with E-state index >= 15 is 0 Å². The molecule has 1 aliphatic rings. The fourth-order valence-electron chi connectivity index (χ4n) is 2.66. The molecule has 1 nitrogen and oxygen atoms in total. The molecular formula is C22H23N. The van der Waals surface area contributed by atoms with E-state index in [-0.39, 0.29) is 0 Å². The maximum absolute atomic E-state index is 3.60. The summed E-state index contributed by atoms with van der Waals surface area (Å²) in [6.07, 6.45) is 2.48. The second-order valence-electron chi connectivity index (χ2n) is 6.40. The van der Waals surface area contributed by atoms with Crippen molar-refractivity contribution in [2.24, 2.45) is 0 Å². The van der Waals surface area contributed by atoms with Crippen molar-refractivity contribution in [2.45, 2.75) is 40.5 Å². The quantitative estimate of drug-likeness (QED) is 0.723. The van der Waals surface area contributed by atoms with Gasteiger partial charge in [0.1, 0.15) is 0 Å². The normalized spacial score (nSPS) is 12.4. The highest BCUT2D eigenvalue weighted by Crippen LogP contribution is 2.33. The summed E-state index contributed by atoms with van der Waals surface area (Å²) in [5.74, 6) is 6.60. The number of rotatable bonds is 2. The fourth-order valence-corrected chi connectivity index (χ4v) is 2.66. The van der Waals surface area contributed by atoms with Gasteiger partial charge in [0.25, 0.3) is 0 Å². The minimum absolute atomic E-state index is 1.06. The van der Waals surface area contributed by atoms with Gasteiger partial charge in [-0.05, 0) is 69.9 Å². The van der Waals surface area contributed by atoms with Crippen LogP contribution in [-0.4, -0.2) is 0 Å². The monoisotopic (exact) mass is 301 g/mol. The third-order valence-electron chi connectivity index (χ3n) is 4.41. The van der Waals surface area contributed by atoms with Crippen molar-refractivity contribution in [2.75, 3.05) is 5.32 Å². The first-order valence-corrected chi connectivity index (χ1v) is 8.19. The Kier molecular flexibility index (Phi) is 4.26. The zero-order valence-corrected chi connectivity index (χ0v) is 14.4. The number of allylic oxidation sites excluding steroid dienone is 2. The Labute approximate surface area is 139 Å². The summed E-state index contributed by atoms with van der Waals surface area (Å²) in [4.78, 5) is 0. The molecule has 0 spiro atoms. The van der Waals surface area contributed by atoms with Gasteiger partial charge in [0.2, 0.25) is 0 Å². The van der Waals surface area contributed by atoms with Gasteiger partial charge in [-0.3, -0.25) is 0 Å². The van der Waals surface area contributed by atoms with Crippen LogP contribution < -0.4 is 5.32 Å². The van der Waals surface area contributed by atoms with Gasteiger partial charge in [0.05, 0.1) is 0 Å². The summed E-state index contributed by atoms with van der Waals surface area (Å²) in [5.41, 5.74) is 9.96. The highest BCUT2D eigenvalue weighted by atomic mass is 14.9. The molecule has 1 N–H and O–H groups in total. The van der Waals surface area contributed by atoms with Crippen LogP contribution in [0, 0.1) is 32.6 Å². The minimum Gasteiger partial charge on any atom is -0.359 e. The average molecular weight is 301 g/mol. The largest absolute Gasteiger partial charge is 0.359 e. The Balaban J connectivity index is 1.91. The lowest BCUT2D eigenvalue weighted by Crippen LogP contribution is -2.01. The van der Waals surface area contributed by atoms with Crippen LogP contribution in [0.1, 0.15) is 47.6 Å². The van der Waals surface area contributed by atoms with Gasteiger partial charge in [-0.2, -0.15) is 0 Å². The van der Waals surface area contributed by atoms with E-state index < -0.39 is 0 Å². The van der Waals surface area contributed by atoms with Gasteiger partial charge in [-0.15, -0.1) is 0 Å². The number of benzene rings is 2. The van der Waals surface area contributed by atoms with Gasteiger partial charge >= 0.3 is 0 Å². The lowest BCUT2D eigenvalue weighted by atomic mass is 10.0. The van der Waals surface area contributed by atoms with E-state index in [9.17, 15) is 0 Å². The Hall–Kier alpha value is -2.46. The summed E-state index contributed by atoms with van der Waals surface area (Å²) in [5, 5.41) is 3.60. The lowest BCUT2D eigenvalue weighted by Gasteiger charge is -2.14. The molecule has 0 aromatic heterocycles. The highest BCUT2D eigenvalue weighted by Gasteiger charge is 2.16. The van der Waals surface area contributed by atoms with Crippen molar-refractivity contribution >= 4 is 5.69 Å². The van der Waals surface area contributed by atoms with E-state index in [0.717, 1.165) is 11.1 Å². The molecule has 23 heavy (non-hydrogen) atoms. The minimum atomic E-state index is 1.06. The molecule has 0 atom stereocenters. The molecule has 2 aromatic carbocycles. The molecule has 0 aliphatic heterocycles. The van der Waals surface area contributed by atoms with E-state index in [2.05, 4.69) is 81.3 Å². The number of anilines is 1. The maximum atomic E-state index is 3.60. The number of nitrogens with one attached hydrogen (secondary N) is 1.